The molecule has 0 radical (unpaired) electrons. The molecule has 6 heteroatoms. The Hall–Kier alpha value is -2.34. The van der Waals surface area contributed by atoms with Crippen molar-refractivity contribution < 1.29 is 14.3 Å². The van der Waals surface area contributed by atoms with Gasteiger partial charge < -0.3 is 14.8 Å². The summed E-state index contributed by atoms with van der Waals surface area (Å²) in [6, 6.07) is 7.10. The molecule has 116 valence electrons. The van der Waals surface area contributed by atoms with Gasteiger partial charge in [-0.3, -0.25) is 9.89 Å². The van der Waals surface area contributed by atoms with Crippen molar-refractivity contribution in [3.63, 3.8) is 0 Å². The Balaban J connectivity index is 1.66. The number of methoxy groups -OCH3 is 1. The second-order valence-corrected chi connectivity index (χ2v) is 5.29. The van der Waals surface area contributed by atoms with Gasteiger partial charge in [0.15, 0.2) is 0 Å². The van der Waals surface area contributed by atoms with E-state index in [1.807, 2.05) is 6.07 Å². The summed E-state index contributed by atoms with van der Waals surface area (Å²) in [4.78, 5) is 12.4. The number of rotatable bonds is 7. The van der Waals surface area contributed by atoms with Crippen LogP contribution < -0.4 is 10.1 Å². The first-order valence-electron chi connectivity index (χ1n) is 7.34. The van der Waals surface area contributed by atoms with Crippen molar-refractivity contribution in [3.8, 4) is 5.75 Å². The number of anilines is 1. The number of ether oxygens (including phenoxy) is 2. The van der Waals surface area contributed by atoms with Crippen molar-refractivity contribution in [2.75, 3.05) is 25.6 Å². The highest BCUT2D eigenvalue weighted by atomic mass is 16.5. The van der Waals surface area contributed by atoms with Crippen molar-refractivity contribution in [2.24, 2.45) is 0 Å². The Labute approximate surface area is 128 Å². The fourth-order valence-corrected chi connectivity index (χ4v) is 2.24. The first-order valence-corrected chi connectivity index (χ1v) is 7.34. The van der Waals surface area contributed by atoms with Gasteiger partial charge in [0.2, 0.25) is 0 Å². The highest BCUT2D eigenvalue weighted by Crippen LogP contribution is 2.42. The summed E-state index contributed by atoms with van der Waals surface area (Å²) < 4.78 is 10.5. The molecule has 1 saturated carbocycles. The molecule has 0 aliphatic heterocycles. The summed E-state index contributed by atoms with van der Waals surface area (Å²) in [6.07, 6.45) is 3.95. The van der Waals surface area contributed by atoms with Gasteiger partial charge in [-0.15, -0.1) is 0 Å². The molecule has 22 heavy (non-hydrogen) atoms. The largest absolute Gasteiger partial charge is 0.491 e. The minimum atomic E-state index is -0.166. The third-order valence-corrected chi connectivity index (χ3v) is 3.56. The highest BCUT2D eigenvalue weighted by Gasteiger charge is 2.28. The molecular formula is C16H19N3O3. The number of amides is 1. The topological polar surface area (TPSA) is 76.2 Å². The quantitative estimate of drug-likeness (QED) is 0.771. The third kappa shape index (κ3) is 3.46. The molecule has 0 bridgehead atoms. The molecule has 2 aromatic rings. The molecule has 3 rings (SSSR count). The lowest BCUT2D eigenvalue weighted by Gasteiger charge is -2.08. The predicted molar refractivity (Wildman–Crippen MR) is 82.3 cm³/mol. The van der Waals surface area contributed by atoms with E-state index >= 15 is 0 Å². The van der Waals surface area contributed by atoms with Crippen LogP contribution in [0.2, 0.25) is 0 Å². The molecule has 1 fully saturated rings. The first kappa shape index (κ1) is 14.6. The summed E-state index contributed by atoms with van der Waals surface area (Å²) in [5.74, 6) is 0.987. The maximum Gasteiger partial charge on any atom is 0.255 e. The van der Waals surface area contributed by atoms with Crippen LogP contribution in [0.4, 0.5) is 5.69 Å². The molecule has 0 unspecified atom stereocenters. The minimum absolute atomic E-state index is 0.166. The van der Waals surface area contributed by atoms with E-state index in [0.717, 1.165) is 24.2 Å². The maximum atomic E-state index is 12.4. The van der Waals surface area contributed by atoms with Gasteiger partial charge in [0.1, 0.15) is 12.4 Å². The van der Waals surface area contributed by atoms with Crippen LogP contribution in [0.25, 0.3) is 0 Å². The molecule has 2 N–H and O–H groups in total. The molecule has 0 atom stereocenters. The maximum absolute atomic E-state index is 12.4. The molecule has 1 aliphatic rings. The smallest absolute Gasteiger partial charge is 0.255 e. The van der Waals surface area contributed by atoms with Gasteiger partial charge in [0.25, 0.3) is 5.91 Å². The van der Waals surface area contributed by atoms with Crippen LogP contribution in [-0.4, -0.2) is 36.4 Å². The standard InChI is InChI=1S/C16H19N3O3/c1-21-7-8-22-13-4-2-3-12(9-13)16(20)18-14-10-17-19-15(14)11-5-6-11/h2-4,9-11H,5-8H2,1H3,(H,17,19)(H,18,20). The zero-order valence-electron chi connectivity index (χ0n) is 12.5. The highest BCUT2D eigenvalue weighted by molar-refractivity contribution is 6.04. The Morgan fingerprint density at radius 1 is 1.41 bits per heavy atom. The van der Waals surface area contributed by atoms with E-state index in [4.69, 9.17) is 9.47 Å². The molecule has 6 nitrogen and oxygen atoms in total. The lowest BCUT2D eigenvalue weighted by molar-refractivity contribution is 0.102. The fraction of sp³-hybridized carbons (Fsp3) is 0.375. The monoisotopic (exact) mass is 301 g/mol. The van der Waals surface area contributed by atoms with Crippen LogP contribution in [0.5, 0.6) is 5.75 Å². The van der Waals surface area contributed by atoms with E-state index in [0.29, 0.717) is 30.4 Å². The normalized spacial score (nSPS) is 13.9. The van der Waals surface area contributed by atoms with Crippen molar-refractivity contribution in [1.82, 2.24) is 10.2 Å². The van der Waals surface area contributed by atoms with E-state index in [1.54, 1.807) is 31.5 Å². The fourth-order valence-electron chi connectivity index (χ4n) is 2.24. The van der Waals surface area contributed by atoms with Crippen molar-refractivity contribution in [2.45, 2.75) is 18.8 Å². The van der Waals surface area contributed by atoms with E-state index < -0.39 is 0 Å². The summed E-state index contributed by atoms with van der Waals surface area (Å²) in [6.45, 7) is 0.964. The Bertz CT molecular complexity index is 650. The molecule has 1 aliphatic carbocycles. The van der Waals surface area contributed by atoms with Crippen molar-refractivity contribution in [1.29, 1.82) is 0 Å². The zero-order chi connectivity index (χ0) is 15.4. The summed E-state index contributed by atoms with van der Waals surface area (Å²) in [7, 11) is 1.62. The lowest BCUT2D eigenvalue weighted by atomic mass is 10.2. The number of nitrogens with zero attached hydrogens (tertiary/aromatic N) is 1. The van der Waals surface area contributed by atoms with Crippen molar-refractivity contribution in [3.05, 3.63) is 41.7 Å². The Morgan fingerprint density at radius 3 is 3.05 bits per heavy atom. The molecule has 1 aromatic carbocycles. The second kappa shape index (κ2) is 6.62. The van der Waals surface area contributed by atoms with Crippen LogP contribution in [0, 0.1) is 0 Å². The van der Waals surface area contributed by atoms with E-state index in [-0.39, 0.29) is 5.91 Å². The van der Waals surface area contributed by atoms with Gasteiger partial charge in [0, 0.05) is 18.6 Å². The number of carbonyl (C=O) groups is 1. The average Bonchev–Trinajstić information content (AvgIpc) is 3.28. The zero-order valence-corrected chi connectivity index (χ0v) is 12.5. The molecular weight excluding hydrogens is 282 g/mol. The molecule has 0 saturated heterocycles. The van der Waals surface area contributed by atoms with Gasteiger partial charge >= 0.3 is 0 Å². The molecule has 0 spiro atoms. The van der Waals surface area contributed by atoms with Gasteiger partial charge in [0.05, 0.1) is 24.2 Å². The number of aromatic amines is 1. The predicted octanol–water partition coefficient (Wildman–Crippen LogP) is 2.56. The molecule has 1 heterocycles. The Kier molecular flexibility index (Phi) is 4.39. The van der Waals surface area contributed by atoms with E-state index in [9.17, 15) is 4.79 Å². The van der Waals surface area contributed by atoms with Crippen LogP contribution in [0.3, 0.4) is 0 Å². The summed E-state index contributed by atoms with van der Waals surface area (Å²) >= 11 is 0. The van der Waals surface area contributed by atoms with E-state index in [2.05, 4.69) is 15.5 Å². The first-order chi connectivity index (χ1) is 10.8. The van der Waals surface area contributed by atoms with Crippen molar-refractivity contribution >= 4 is 11.6 Å². The SMILES string of the molecule is COCCOc1cccc(C(=O)Nc2cn[nH]c2C2CC2)c1. The number of H-pyrrole nitrogens is 1. The summed E-state index contributed by atoms with van der Waals surface area (Å²) in [5.41, 5.74) is 2.33. The van der Waals surface area contributed by atoms with Gasteiger partial charge in [-0.05, 0) is 31.0 Å². The van der Waals surface area contributed by atoms with Gasteiger partial charge in [-0.2, -0.15) is 5.10 Å². The van der Waals surface area contributed by atoms with E-state index in [1.165, 1.54) is 0 Å². The van der Waals surface area contributed by atoms with Crippen LogP contribution in [0.1, 0.15) is 34.8 Å². The van der Waals surface area contributed by atoms with Gasteiger partial charge in [-0.25, -0.2) is 0 Å². The number of hydrogen-bond donors (Lipinski definition) is 2. The third-order valence-electron chi connectivity index (χ3n) is 3.56. The molecule has 1 aromatic heterocycles. The Morgan fingerprint density at radius 2 is 2.27 bits per heavy atom. The minimum Gasteiger partial charge on any atom is -0.491 e. The van der Waals surface area contributed by atoms with Crippen LogP contribution in [-0.2, 0) is 4.74 Å². The number of carbonyl (C=O) groups excluding carboxylic acids is 1. The number of aromatic nitrogens is 2. The lowest BCUT2D eigenvalue weighted by Crippen LogP contribution is -2.13. The van der Waals surface area contributed by atoms with Crippen LogP contribution >= 0.6 is 0 Å². The van der Waals surface area contributed by atoms with Gasteiger partial charge in [-0.1, -0.05) is 6.07 Å². The molecule has 1 amide bonds. The number of nitrogens with one attached hydrogen (secondary N) is 2. The second-order valence-electron chi connectivity index (χ2n) is 5.29. The number of benzene rings is 1. The summed E-state index contributed by atoms with van der Waals surface area (Å²) in [5, 5.41) is 9.90. The average molecular weight is 301 g/mol. The van der Waals surface area contributed by atoms with Crippen LogP contribution in [0.15, 0.2) is 30.5 Å². The number of hydrogen-bond acceptors (Lipinski definition) is 4.